The van der Waals surface area contributed by atoms with Crippen molar-refractivity contribution in [3.63, 3.8) is 0 Å². The first-order valence-electron chi connectivity index (χ1n) is 11.7. The summed E-state index contributed by atoms with van der Waals surface area (Å²) in [5.41, 5.74) is 7.29. The van der Waals surface area contributed by atoms with E-state index in [0.29, 0.717) is 16.6 Å². The zero-order valence-corrected chi connectivity index (χ0v) is 21.0. The maximum absolute atomic E-state index is 12.7. The number of tetrazole rings is 1. The lowest BCUT2D eigenvalue weighted by atomic mass is 10.0. The van der Waals surface area contributed by atoms with Crippen molar-refractivity contribution in [1.29, 1.82) is 0 Å². The van der Waals surface area contributed by atoms with Crippen LogP contribution in [0.5, 0.6) is 0 Å². The minimum Gasteiger partial charge on any atom is -0.387 e. The molecule has 0 aliphatic carbocycles. The molecule has 0 saturated carbocycles. The van der Waals surface area contributed by atoms with Gasteiger partial charge in [-0.15, -0.1) is 10.2 Å². The van der Waals surface area contributed by atoms with Gasteiger partial charge < -0.3 is 20.7 Å². The van der Waals surface area contributed by atoms with Gasteiger partial charge in [-0.1, -0.05) is 30.3 Å². The van der Waals surface area contributed by atoms with Crippen molar-refractivity contribution in [3.05, 3.63) is 54.0 Å². The summed E-state index contributed by atoms with van der Waals surface area (Å²) in [4.78, 5) is 24.8. The molecule has 16 nitrogen and oxygen atoms in total. The van der Waals surface area contributed by atoms with Crippen molar-refractivity contribution in [2.75, 3.05) is 12.3 Å². The minimum atomic E-state index is -3.93. The molecular formula is C22H24N10O6S. The molecule has 1 aliphatic heterocycles. The number of sulfonamides is 1. The number of benzene rings is 1. The van der Waals surface area contributed by atoms with E-state index in [2.05, 4.69) is 40.3 Å². The number of hydrogen-bond donors (Lipinski definition) is 5. The molecule has 39 heavy (non-hydrogen) atoms. The van der Waals surface area contributed by atoms with E-state index in [0.717, 1.165) is 5.41 Å². The third-order valence-electron chi connectivity index (χ3n) is 6.11. The molecule has 1 saturated heterocycles. The second-order valence-corrected chi connectivity index (χ2v) is 10.3. The highest BCUT2D eigenvalue weighted by Gasteiger charge is 2.44. The number of nitrogens with zero attached hydrogens (tertiary/aromatic N) is 7. The highest BCUT2D eigenvalue weighted by Crippen LogP contribution is 2.31. The highest BCUT2D eigenvalue weighted by atomic mass is 32.2. The van der Waals surface area contributed by atoms with Crippen LogP contribution in [0.4, 0.5) is 5.82 Å². The Bertz CT molecular complexity index is 1610. The first-order valence-corrected chi connectivity index (χ1v) is 13.3. The number of ketones is 1. The Balaban J connectivity index is 1.16. The van der Waals surface area contributed by atoms with Gasteiger partial charge in [-0.25, -0.2) is 28.1 Å². The standard InChI is InChI=1S/C22H24N10O6S/c23-19-16-21(25-10-24-19)32(11-26-16)22-18(35)17(34)15(38-22)9-27-39(36,37)8-4-3-7-14(33)12-5-1-2-6-13(12)20-28-30-31-29-20/h1-2,4-6,8,10-11,15,17-18,22,27,34-35H,3,7,9H2,(H2,23,24,25)(H,28,29,30,31)/b8-4+/t15-,17-,18-,22-/m1/s1. The average molecular weight is 557 g/mol. The number of hydrogen-bond acceptors (Lipinski definition) is 13. The number of nitrogen functional groups attached to an aromatic ring is 1. The highest BCUT2D eigenvalue weighted by molar-refractivity contribution is 7.92. The van der Waals surface area contributed by atoms with Crippen molar-refractivity contribution in [2.24, 2.45) is 0 Å². The number of nitrogens with one attached hydrogen (secondary N) is 2. The molecule has 5 rings (SSSR count). The van der Waals surface area contributed by atoms with Crippen molar-refractivity contribution >= 4 is 32.8 Å². The van der Waals surface area contributed by atoms with Crippen LogP contribution in [-0.4, -0.2) is 89.4 Å². The molecular weight excluding hydrogens is 532 g/mol. The molecule has 1 aromatic carbocycles. The predicted octanol–water partition coefficient (Wildman–Crippen LogP) is -0.696. The van der Waals surface area contributed by atoms with Gasteiger partial charge in [0.05, 0.1) is 6.33 Å². The van der Waals surface area contributed by atoms with Gasteiger partial charge >= 0.3 is 0 Å². The van der Waals surface area contributed by atoms with Gasteiger partial charge in [-0.3, -0.25) is 9.36 Å². The Morgan fingerprint density at radius 3 is 2.82 bits per heavy atom. The zero-order chi connectivity index (χ0) is 27.6. The van der Waals surface area contributed by atoms with E-state index in [9.17, 15) is 23.4 Å². The van der Waals surface area contributed by atoms with Gasteiger partial charge in [0.15, 0.2) is 23.5 Å². The lowest BCUT2D eigenvalue weighted by Crippen LogP contribution is -2.39. The SMILES string of the molecule is Nc1ncnc2c1ncn2[C@@H]1O[C@H](CNS(=O)(=O)/C=C/CCC(=O)c2ccccc2-c2nn[nH]n2)[C@@H](O)[C@H]1O. The summed E-state index contributed by atoms with van der Waals surface area (Å²) in [6.07, 6.45) is -0.796. The molecule has 3 aromatic heterocycles. The third kappa shape index (κ3) is 5.52. The van der Waals surface area contributed by atoms with E-state index >= 15 is 0 Å². The van der Waals surface area contributed by atoms with E-state index in [4.69, 9.17) is 10.5 Å². The van der Waals surface area contributed by atoms with Crippen molar-refractivity contribution in [1.82, 2.24) is 44.9 Å². The largest absolute Gasteiger partial charge is 0.387 e. The molecule has 0 amide bonds. The normalized spacial score (nSPS) is 21.7. The number of Topliss-reactive ketones (excluding diaryl/α,β-unsaturated/α-hetero) is 1. The number of anilines is 1. The van der Waals surface area contributed by atoms with Crippen LogP contribution in [0.15, 0.2) is 48.4 Å². The number of allylic oxidation sites excluding steroid dienone is 1. The maximum atomic E-state index is 12.7. The number of imidazole rings is 1. The second kappa shape index (κ2) is 10.9. The van der Waals surface area contributed by atoms with Gasteiger partial charge in [0, 0.05) is 29.5 Å². The Morgan fingerprint density at radius 1 is 1.21 bits per heavy atom. The topological polar surface area (TPSA) is 237 Å². The molecule has 0 radical (unpaired) electrons. The lowest BCUT2D eigenvalue weighted by molar-refractivity contribution is -0.0329. The van der Waals surface area contributed by atoms with Crippen LogP contribution in [-0.2, 0) is 14.8 Å². The number of rotatable bonds is 10. The van der Waals surface area contributed by atoms with Crippen LogP contribution in [0.3, 0.4) is 0 Å². The quantitative estimate of drug-likeness (QED) is 0.152. The summed E-state index contributed by atoms with van der Waals surface area (Å²) in [6, 6.07) is 6.79. The Labute approximate surface area is 221 Å². The van der Waals surface area contributed by atoms with Crippen LogP contribution in [0, 0.1) is 0 Å². The maximum Gasteiger partial charge on any atom is 0.233 e. The van der Waals surface area contributed by atoms with Crippen LogP contribution in [0.1, 0.15) is 29.4 Å². The van der Waals surface area contributed by atoms with Gasteiger partial charge in [-0.05, 0) is 11.6 Å². The van der Waals surface area contributed by atoms with Crippen molar-refractivity contribution in [2.45, 2.75) is 37.4 Å². The number of carbonyl (C=O) groups excluding carboxylic acids is 1. The molecule has 204 valence electrons. The number of nitrogens with two attached hydrogens (primary N) is 1. The fourth-order valence-corrected chi connectivity index (χ4v) is 5.05. The van der Waals surface area contributed by atoms with E-state index in [1.807, 2.05) is 0 Å². The number of carbonyl (C=O) groups is 1. The molecule has 4 atom stereocenters. The number of fused-ring (bicyclic) bond motifs is 1. The number of aliphatic hydroxyl groups excluding tert-OH is 2. The molecule has 0 spiro atoms. The molecule has 4 aromatic rings. The van der Waals surface area contributed by atoms with Crippen LogP contribution >= 0.6 is 0 Å². The summed E-state index contributed by atoms with van der Waals surface area (Å²) in [5, 5.41) is 35.5. The summed E-state index contributed by atoms with van der Waals surface area (Å²) in [5.74, 6) is 0.205. The van der Waals surface area contributed by atoms with Crippen LogP contribution < -0.4 is 10.5 Å². The molecule has 0 bridgehead atoms. The average Bonchev–Trinajstić information content (AvgIpc) is 3.67. The summed E-state index contributed by atoms with van der Waals surface area (Å²) < 4.78 is 34.4. The lowest BCUT2D eigenvalue weighted by Gasteiger charge is -2.16. The molecule has 4 heterocycles. The van der Waals surface area contributed by atoms with E-state index in [-0.39, 0.29) is 42.5 Å². The predicted molar refractivity (Wildman–Crippen MR) is 135 cm³/mol. The number of aromatic nitrogens is 8. The Morgan fingerprint density at radius 2 is 2.03 bits per heavy atom. The van der Waals surface area contributed by atoms with Crippen molar-refractivity contribution in [3.8, 4) is 11.4 Å². The third-order valence-corrected chi connectivity index (χ3v) is 7.23. The van der Waals surface area contributed by atoms with Gasteiger partial charge in [-0.2, -0.15) is 5.21 Å². The van der Waals surface area contributed by atoms with E-state index < -0.39 is 34.6 Å². The van der Waals surface area contributed by atoms with E-state index in [1.165, 1.54) is 23.3 Å². The minimum absolute atomic E-state index is 0.0478. The molecule has 0 unspecified atom stereocenters. The number of H-pyrrole nitrogens is 1. The van der Waals surface area contributed by atoms with Crippen LogP contribution in [0.2, 0.25) is 0 Å². The summed E-state index contributed by atoms with van der Waals surface area (Å²) in [7, 11) is -3.93. The molecule has 17 heteroatoms. The summed E-state index contributed by atoms with van der Waals surface area (Å²) >= 11 is 0. The van der Waals surface area contributed by atoms with Crippen molar-refractivity contribution < 1.29 is 28.2 Å². The Hall–Kier alpha value is -4.16. The van der Waals surface area contributed by atoms with Gasteiger partial charge in [0.1, 0.15) is 30.2 Å². The molecule has 1 fully saturated rings. The summed E-state index contributed by atoms with van der Waals surface area (Å²) in [6.45, 7) is -0.317. The molecule has 6 N–H and O–H groups in total. The number of aromatic amines is 1. The first kappa shape index (κ1) is 26.4. The van der Waals surface area contributed by atoms with E-state index in [1.54, 1.807) is 24.3 Å². The van der Waals surface area contributed by atoms with Gasteiger partial charge in [0.2, 0.25) is 15.8 Å². The zero-order valence-electron chi connectivity index (χ0n) is 20.2. The van der Waals surface area contributed by atoms with Gasteiger partial charge in [0.25, 0.3) is 0 Å². The fourth-order valence-electron chi connectivity index (χ4n) is 4.17. The Kier molecular flexibility index (Phi) is 7.40. The smallest absolute Gasteiger partial charge is 0.233 e. The number of ether oxygens (including phenoxy) is 1. The first-order chi connectivity index (χ1) is 18.7. The monoisotopic (exact) mass is 556 g/mol. The molecule has 1 aliphatic rings. The van der Waals surface area contributed by atoms with Crippen LogP contribution in [0.25, 0.3) is 22.6 Å². The fraction of sp³-hybridized carbons (Fsp3) is 0.318. The number of aliphatic hydroxyl groups is 2. The second-order valence-electron chi connectivity index (χ2n) is 8.64.